The topological polar surface area (TPSA) is 78.9 Å². The molecule has 65 heavy (non-hydrogen) atoms. The van der Waals surface area contributed by atoms with Crippen LogP contribution in [0.2, 0.25) is 0 Å². The van der Waals surface area contributed by atoms with Crippen LogP contribution in [-0.4, -0.2) is 37.2 Å². The third-order valence-corrected chi connectivity index (χ3v) is 10.5. The van der Waals surface area contributed by atoms with Crippen LogP contribution < -0.4 is 0 Å². The van der Waals surface area contributed by atoms with E-state index in [2.05, 4.69) is 142 Å². The Balaban J connectivity index is 4.24. The molecule has 0 aromatic heterocycles. The Morgan fingerprint density at radius 1 is 0.323 bits per heavy atom. The van der Waals surface area contributed by atoms with Crippen LogP contribution >= 0.6 is 0 Å². The first-order valence-electron chi connectivity index (χ1n) is 26.0. The van der Waals surface area contributed by atoms with Crippen molar-refractivity contribution in [3.8, 4) is 0 Å². The largest absolute Gasteiger partial charge is 0.462 e. The van der Waals surface area contributed by atoms with Crippen LogP contribution in [0.5, 0.6) is 0 Å². The molecule has 0 spiro atoms. The molecule has 0 bridgehead atoms. The van der Waals surface area contributed by atoms with Gasteiger partial charge in [-0.2, -0.15) is 0 Å². The molecule has 0 amide bonds. The van der Waals surface area contributed by atoms with Crippen molar-refractivity contribution < 1.29 is 28.6 Å². The van der Waals surface area contributed by atoms with E-state index in [1.54, 1.807) is 0 Å². The van der Waals surface area contributed by atoms with Crippen molar-refractivity contribution in [1.82, 2.24) is 0 Å². The highest BCUT2D eigenvalue weighted by atomic mass is 16.6. The number of hydrogen-bond donors (Lipinski definition) is 0. The highest BCUT2D eigenvalue weighted by Gasteiger charge is 2.19. The summed E-state index contributed by atoms with van der Waals surface area (Å²) in [5.41, 5.74) is 0. The summed E-state index contributed by atoms with van der Waals surface area (Å²) in [5, 5.41) is 0. The van der Waals surface area contributed by atoms with Gasteiger partial charge in [-0.15, -0.1) is 0 Å². The van der Waals surface area contributed by atoms with E-state index in [0.29, 0.717) is 19.3 Å². The van der Waals surface area contributed by atoms with Gasteiger partial charge in [-0.1, -0.05) is 206 Å². The minimum absolute atomic E-state index is 0.0970. The van der Waals surface area contributed by atoms with Crippen LogP contribution in [0.4, 0.5) is 0 Å². The molecule has 0 aromatic rings. The molecule has 0 radical (unpaired) electrons. The number of rotatable bonds is 45. The average Bonchev–Trinajstić information content (AvgIpc) is 3.30. The Kier molecular flexibility index (Phi) is 49.1. The summed E-state index contributed by atoms with van der Waals surface area (Å²) in [6.07, 6.45) is 72.2. The first-order chi connectivity index (χ1) is 32.0. The van der Waals surface area contributed by atoms with Gasteiger partial charge in [0.05, 0.1) is 0 Å². The molecule has 0 N–H and O–H groups in total. The maximum atomic E-state index is 12.7. The first kappa shape index (κ1) is 60.8. The van der Waals surface area contributed by atoms with E-state index in [4.69, 9.17) is 14.2 Å². The van der Waals surface area contributed by atoms with Crippen molar-refractivity contribution in [1.29, 1.82) is 0 Å². The van der Waals surface area contributed by atoms with E-state index in [1.165, 1.54) is 12.8 Å². The molecule has 0 fully saturated rings. The molecule has 0 aliphatic heterocycles. The van der Waals surface area contributed by atoms with E-state index < -0.39 is 6.10 Å². The lowest BCUT2D eigenvalue weighted by molar-refractivity contribution is -0.167. The summed E-state index contributed by atoms with van der Waals surface area (Å²) in [6, 6.07) is 0. The normalized spacial score (nSPS) is 13.1. The molecular formula is C59H94O6. The van der Waals surface area contributed by atoms with E-state index in [-0.39, 0.29) is 31.1 Å². The monoisotopic (exact) mass is 899 g/mol. The van der Waals surface area contributed by atoms with Crippen molar-refractivity contribution in [3.63, 3.8) is 0 Å². The Morgan fingerprint density at radius 2 is 0.600 bits per heavy atom. The van der Waals surface area contributed by atoms with Crippen molar-refractivity contribution in [2.24, 2.45) is 0 Å². The number of unbranched alkanes of at least 4 members (excludes halogenated alkanes) is 14. The maximum absolute atomic E-state index is 12.7. The van der Waals surface area contributed by atoms with Crippen molar-refractivity contribution in [2.75, 3.05) is 13.2 Å². The van der Waals surface area contributed by atoms with E-state index in [0.717, 1.165) is 161 Å². The van der Waals surface area contributed by atoms with Gasteiger partial charge in [0, 0.05) is 19.3 Å². The zero-order valence-corrected chi connectivity index (χ0v) is 41.7. The van der Waals surface area contributed by atoms with Crippen LogP contribution in [0.3, 0.4) is 0 Å². The second-order valence-electron chi connectivity index (χ2n) is 16.7. The Bertz CT molecular complexity index is 1400. The molecule has 0 saturated carbocycles. The van der Waals surface area contributed by atoms with Crippen LogP contribution in [-0.2, 0) is 28.6 Å². The van der Waals surface area contributed by atoms with Gasteiger partial charge in [0.25, 0.3) is 0 Å². The number of hydrogen-bond acceptors (Lipinski definition) is 6. The smallest absolute Gasteiger partial charge is 0.306 e. The summed E-state index contributed by atoms with van der Waals surface area (Å²) in [4.78, 5) is 37.7. The van der Waals surface area contributed by atoms with Gasteiger partial charge >= 0.3 is 17.9 Å². The van der Waals surface area contributed by atoms with Crippen molar-refractivity contribution in [3.05, 3.63) is 122 Å². The molecule has 6 heteroatoms. The fourth-order valence-electron chi connectivity index (χ4n) is 6.61. The van der Waals surface area contributed by atoms with Gasteiger partial charge in [0.1, 0.15) is 13.2 Å². The molecule has 0 aliphatic carbocycles. The molecule has 0 aromatic carbocycles. The van der Waals surface area contributed by atoms with Crippen LogP contribution in [0.25, 0.3) is 0 Å². The minimum Gasteiger partial charge on any atom is -0.462 e. The highest BCUT2D eigenvalue weighted by molar-refractivity contribution is 5.71. The molecule has 0 saturated heterocycles. The minimum atomic E-state index is -0.796. The van der Waals surface area contributed by atoms with Gasteiger partial charge in [-0.25, -0.2) is 0 Å². The fraction of sp³-hybridized carbons (Fsp3) is 0.610. The molecular weight excluding hydrogens is 805 g/mol. The van der Waals surface area contributed by atoms with Gasteiger partial charge in [0.15, 0.2) is 6.10 Å². The van der Waals surface area contributed by atoms with Crippen LogP contribution in [0.15, 0.2) is 122 Å². The highest BCUT2D eigenvalue weighted by Crippen LogP contribution is 2.12. The molecule has 1 unspecified atom stereocenters. The number of carbonyl (C=O) groups excluding carboxylic acids is 3. The van der Waals surface area contributed by atoms with E-state index in [1.807, 2.05) is 0 Å². The zero-order valence-electron chi connectivity index (χ0n) is 41.7. The second kappa shape index (κ2) is 52.4. The SMILES string of the molecule is CC/C=C\C/C=C\C/C=C\C/C=C\C/C=C\C/C=C\CCCCCCCCC(=O)OCC(COC(=O)CCCCCCC)OC(=O)CCCCCC/C=C\C/C=C\C/C=C\C/C=C\CC. The third kappa shape index (κ3) is 50.7. The number of carbonyl (C=O) groups is 3. The lowest BCUT2D eigenvalue weighted by Gasteiger charge is -2.18. The van der Waals surface area contributed by atoms with Gasteiger partial charge in [-0.3, -0.25) is 14.4 Å². The molecule has 6 nitrogen and oxygen atoms in total. The Morgan fingerprint density at radius 3 is 0.938 bits per heavy atom. The number of allylic oxidation sites excluding steroid dienone is 20. The molecule has 0 aliphatic rings. The summed E-state index contributed by atoms with van der Waals surface area (Å²) < 4.78 is 16.6. The Labute approximate surface area is 399 Å². The quantitative estimate of drug-likeness (QED) is 0.0262. The fourth-order valence-corrected chi connectivity index (χ4v) is 6.61. The van der Waals surface area contributed by atoms with Crippen LogP contribution in [0, 0.1) is 0 Å². The number of esters is 3. The predicted molar refractivity (Wildman–Crippen MR) is 279 cm³/mol. The van der Waals surface area contributed by atoms with Gasteiger partial charge in [-0.05, 0) is 109 Å². The average molecular weight is 899 g/mol. The summed E-state index contributed by atoms with van der Waals surface area (Å²) in [7, 11) is 0. The van der Waals surface area contributed by atoms with Gasteiger partial charge < -0.3 is 14.2 Å². The zero-order chi connectivity index (χ0) is 47.2. The van der Waals surface area contributed by atoms with Crippen molar-refractivity contribution in [2.45, 2.75) is 219 Å². The van der Waals surface area contributed by atoms with Crippen molar-refractivity contribution >= 4 is 17.9 Å². The molecule has 1 atom stereocenters. The molecule has 0 rings (SSSR count). The second-order valence-corrected chi connectivity index (χ2v) is 16.7. The van der Waals surface area contributed by atoms with E-state index in [9.17, 15) is 14.4 Å². The lowest BCUT2D eigenvalue weighted by atomic mass is 10.1. The standard InChI is InChI=1S/C59H94O6/c1-4-7-10-13-15-17-19-21-23-25-26-27-28-29-30-31-32-34-35-37-39-41-43-46-49-52-58(61)64-55-56(54-63-57(60)51-48-45-12-9-6-3)65-59(62)53-50-47-44-42-40-38-36-33-24-22-20-18-16-14-11-8-5-2/h7-8,10-11,15-18,21-24,26-27,29-30,32,34,36,38,56H,4-6,9,12-14,19-20,25,28,31,33,35,37,39-55H2,1-3H3/b10-7-,11-8-,17-15-,18-16-,23-21-,24-22-,27-26-,30-29-,34-32-,38-36-. The summed E-state index contributed by atoms with van der Waals surface area (Å²) >= 11 is 0. The summed E-state index contributed by atoms with van der Waals surface area (Å²) in [6.45, 7) is 6.27. The Hall–Kier alpha value is -4.19. The molecule has 0 heterocycles. The van der Waals surface area contributed by atoms with Crippen LogP contribution in [0.1, 0.15) is 213 Å². The predicted octanol–water partition coefficient (Wildman–Crippen LogP) is 17.3. The first-order valence-corrected chi connectivity index (χ1v) is 26.0. The van der Waals surface area contributed by atoms with E-state index >= 15 is 0 Å². The molecule has 366 valence electrons. The third-order valence-electron chi connectivity index (χ3n) is 10.5. The maximum Gasteiger partial charge on any atom is 0.306 e. The van der Waals surface area contributed by atoms with Gasteiger partial charge in [0.2, 0.25) is 0 Å². The number of ether oxygens (including phenoxy) is 3. The summed E-state index contributed by atoms with van der Waals surface area (Å²) in [5.74, 6) is -0.958. The lowest BCUT2D eigenvalue weighted by Crippen LogP contribution is -2.30.